The van der Waals surface area contributed by atoms with Gasteiger partial charge < -0.3 is 10.0 Å². The van der Waals surface area contributed by atoms with Crippen molar-refractivity contribution in [2.24, 2.45) is 7.05 Å². The molecule has 1 aromatic carbocycles. The number of aromatic hydroxyl groups is 1. The van der Waals surface area contributed by atoms with Crippen LogP contribution in [0.2, 0.25) is 0 Å². The Morgan fingerprint density at radius 1 is 1.43 bits per heavy atom. The number of aryl methyl sites for hydroxylation is 2. The van der Waals surface area contributed by atoms with Gasteiger partial charge >= 0.3 is 0 Å². The van der Waals surface area contributed by atoms with Gasteiger partial charge in [0.2, 0.25) is 5.91 Å². The standard InChI is InChI=1S/C18H23N3O2/c1-12-9-10-21(18-15(12)5-4-6-16(18)22)17(23)8-7-14-11-19-20(3)13(14)2/h4-6,11-12,22H,7-10H2,1-3H3. The van der Waals surface area contributed by atoms with Crippen molar-refractivity contribution >= 4 is 11.6 Å². The lowest BCUT2D eigenvalue weighted by Gasteiger charge is -2.33. The number of phenolic OH excluding ortho intramolecular Hbond substituents is 1. The summed E-state index contributed by atoms with van der Waals surface area (Å²) in [5.41, 5.74) is 3.94. The minimum atomic E-state index is 0.0582. The summed E-state index contributed by atoms with van der Waals surface area (Å²) in [7, 11) is 1.90. The summed E-state index contributed by atoms with van der Waals surface area (Å²) in [6.07, 6.45) is 3.85. The van der Waals surface area contributed by atoms with Crippen molar-refractivity contribution in [2.75, 3.05) is 11.4 Å². The number of carbonyl (C=O) groups excluding carboxylic acids is 1. The van der Waals surface area contributed by atoms with E-state index in [4.69, 9.17) is 0 Å². The average molecular weight is 313 g/mol. The summed E-state index contributed by atoms with van der Waals surface area (Å²) in [6.45, 7) is 4.81. The molecule has 5 heteroatoms. The molecule has 0 aliphatic carbocycles. The van der Waals surface area contributed by atoms with Gasteiger partial charge in [-0.2, -0.15) is 5.10 Å². The van der Waals surface area contributed by atoms with Crippen LogP contribution in [0.25, 0.3) is 0 Å². The molecule has 0 spiro atoms. The second kappa shape index (κ2) is 6.07. The molecule has 2 heterocycles. The van der Waals surface area contributed by atoms with Gasteiger partial charge in [-0.15, -0.1) is 0 Å². The zero-order chi connectivity index (χ0) is 16.6. The van der Waals surface area contributed by atoms with Crippen LogP contribution in [0.3, 0.4) is 0 Å². The number of fused-ring (bicyclic) bond motifs is 1. The SMILES string of the molecule is Cc1c(CCC(=O)N2CCC(C)c3cccc(O)c32)cnn1C. The van der Waals surface area contributed by atoms with E-state index in [-0.39, 0.29) is 11.7 Å². The van der Waals surface area contributed by atoms with Crippen LogP contribution in [0.1, 0.15) is 42.5 Å². The normalized spacial score (nSPS) is 17.2. The highest BCUT2D eigenvalue weighted by molar-refractivity contribution is 5.96. The van der Waals surface area contributed by atoms with Crippen LogP contribution in [-0.2, 0) is 18.3 Å². The molecule has 3 rings (SSSR count). The van der Waals surface area contributed by atoms with Crippen LogP contribution in [0.15, 0.2) is 24.4 Å². The van der Waals surface area contributed by atoms with Gasteiger partial charge in [-0.3, -0.25) is 9.48 Å². The molecule has 23 heavy (non-hydrogen) atoms. The molecule has 1 aliphatic heterocycles. The van der Waals surface area contributed by atoms with Crippen molar-refractivity contribution in [3.05, 3.63) is 41.2 Å². The van der Waals surface area contributed by atoms with E-state index in [1.807, 2.05) is 37.0 Å². The largest absolute Gasteiger partial charge is 0.506 e. The van der Waals surface area contributed by atoms with Gasteiger partial charge in [0.25, 0.3) is 0 Å². The second-order valence-corrected chi connectivity index (χ2v) is 6.33. The molecule has 1 atom stereocenters. The van der Waals surface area contributed by atoms with Gasteiger partial charge in [0, 0.05) is 25.7 Å². The quantitative estimate of drug-likeness (QED) is 0.948. The Hall–Kier alpha value is -2.30. The first-order valence-corrected chi connectivity index (χ1v) is 8.08. The Morgan fingerprint density at radius 2 is 2.22 bits per heavy atom. The van der Waals surface area contributed by atoms with Crippen molar-refractivity contribution in [2.45, 2.75) is 39.0 Å². The number of carbonyl (C=O) groups is 1. The monoisotopic (exact) mass is 313 g/mol. The fourth-order valence-electron chi connectivity index (χ4n) is 3.25. The van der Waals surface area contributed by atoms with E-state index in [1.165, 1.54) is 0 Å². The van der Waals surface area contributed by atoms with Crippen LogP contribution >= 0.6 is 0 Å². The lowest BCUT2D eigenvalue weighted by molar-refractivity contribution is -0.118. The highest BCUT2D eigenvalue weighted by Gasteiger charge is 2.28. The minimum absolute atomic E-state index is 0.0582. The summed E-state index contributed by atoms with van der Waals surface area (Å²) in [5, 5.41) is 14.4. The fraction of sp³-hybridized carbons (Fsp3) is 0.444. The average Bonchev–Trinajstić information content (AvgIpc) is 2.85. The van der Waals surface area contributed by atoms with E-state index >= 15 is 0 Å². The van der Waals surface area contributed by atoms with Gasteiger partial charge in [-0.25, -0.2) is 0 Å². The van der Waals surface area contributed by atoms with Crippen LogP contribution < -0.4 is 4.90 Å². The van der Waals surface area contributed by atoms with Crippen LogP contribution in [0.5, 0.6) is 5.75 Å². The predicted molar refractivity (Wildman–Crippen MR) is 89.8 cm³/mol. The molecule has 0 saturated carbocycles. The summed E-state index contributed by atoms with van der Waals surface area (Å²) >= 11 is 0. The molecule has 0 fully saturated rings. The lowest BCUT2D eigenvalue weighted by atomic mass is 9.91. The van der Waals surface area contributed by atoms with Crippen LogP contribution in [0.4, 0.5) is 5.69 Å². The highest BCUT2D eigenvalue weighted by atomic mass is 16.3. The third-order valence-electron chi connectivity index (χ3n) is 4.88. The highest BCUT2D eigenvalue weighted by Crippen LogP contribution is 2.41. The number of hydrogen-bond donors (Lipinski definition) is 1. The van der Waals surface area contributed by atoms with Crippen molar-refractivity contribution in [3.63, 3.8) is 0 Å². The number of anilines is 1. The molecular weight excluding hydrogens is 290 g/mol. The smallest absolute Gasteiger partial charge is 0.227 e. The number of para-hydroxylation sites is 1. The Balaban J connectivity index is 1.79. The second-order valence-electron chi connectivity index (χ2n) is 6.33. The molecule has 1 aliphatic rings. The van der Waals surface area contributed by atoms with E-state index in [1.54, 1.807) is 11.0 Å². The predicted octanol–water partition coefficient (Wildman–Crippen LogP) is 2.91. The van der Waals surface area contributed by atoms with Gasteiger partial charge in [-0.05, 0) is 42.9 Å². The van der Waals surface area contributed by atoms with Gasteiger partial charge in [0.05, 0.1) is 11.9 Å². The Morgan fingerprint density at radius 3 is 2.91 bits per heavy atom. The Kier molecular flexibility index (Phi) is 4.11. The molecular formula is C18H23N3O2. The number of hydrogen-bond acceptors (Lipinski definition) is 3. The van der Waals surface area contributed by atoms with E-state index in [0.29, 0.717) is 31.0 Å². The van der Waals surface area contributed by atoms with E-state index in [9.17, 15) is 9.90 Å². The molecule has 1 N–H and O–H groups in total. The lowest BCUT2D eigenvalue weighted by Crippen LogP contribution is -2.36. The molecule has 1 aromatic heterocycles. The first-order chi connectivity index (χ1) is 11.0. The Labute approximate surface area is 136 Å². The molecule has 0 radical (unpaired) electrons. The van der Waals surface area contributed by atoms with Crippen LogP contribution in [0, 0.1) is 6.92 Å². The van der Waals surface area contributed by atoms with Crippen LogP contribution in [-0.4, -0.2) is 27.3 Å². The summed E-state index contributed by atoms with van der Waals surface area (Å²) in [6, 6.07) is 5.50. The number of aromatic nitrogens is 2. The number of benzene rings is 1. The molecule has 122 valence electrons. The first-order valence-electron chi connectivity index (χ1n) is 8.08. The van der Waals surface area contributed by atoms with Crippen molar-refractivity contribution in [1.29, 1.82) is 0 Å². The summed E-state index contributed by atoms with van der Waals surface area (Å²) in [5.74, 6) is 0.615. The van der Waals surface area contributed by atoms with Gasteiger partial charge in [0.15, 0.2) is 0 Å². The van der Waals surface area contributed by atoms with Crippen molar-refractivity contribution in [3.8, 4) is 5.75 Å². The topological polar surface area (TPSA) is 58.4 Å². The molecule has 1 amide bonds. The number of rotatable bonds is 3. The zero-order valence-corrected chi connectivity index (χ0v) is 13.9. The van der Waals surface area contributed by atoms with Gasteiger partial charge in [-0.1, -0.05) is 19.1 Å². The zero-order valence-electron chi connectivity index (χ0n) is 13.9. The molecule has 0 bridgehead atoms. The third-order valence-corrected chi connectivity index (χ3v) is 4.88. The maximum atomic E-state index is 12.7. The number of nitrogens with zero attached hydrogens (tertiary/aromatic N) is 3. The third kappa shape index (κ3) is 2.83. The maximum absolute atomic E-state index is 12.7. The number of phenols is 1. The van der Waals surface area contributed by atoms with Crippen molar-refractivity contribution in [1.82, 2.24) is 9.78 Å². The summed E-state index contributed by atoms with van der Waals surface area (Å²) < 4.78 is 1.82. The maximum Gasteiger partial charge on any atom is 0.227 e. The van der Waals surface area contributed by atoms with E-state index < -0.39 is 0 Å². The summed E-state index contributed by atoms with van der Waals surface area (Å²) in [4.78, 5) is 14.4. The van der Waals surface area contributed by atoms with E-state index in [0.717, 1.165) is 23.2 Å². The number of amides is 1. The molecule has 2 aromatic rings. The minimum Gasteiger partial charge on any atom is -0.506 e. The molecule has 0 saturated heterocycles. The molecule has 5 nitrogen and oxygen atoms in total. The van der Waals surface area contributed by atoms with Crippen molar-refractivity contribution < 1.29 is 9.90 Å². The first kappa shape index (κ1) is 15.6. The molecule has 1 unspecified atom stereocenters. The van der Waals surface area contributed by atoms with Gasteiger partial charge in [0.1, 0.15) is 5.75 Å². The fourth-order valence-corrected chi connectivity index (χ4v) is 3.25. The Bertz CT molecular complexity index is 736. The van der Waals surface area contributed by atoms with E-state index in [2.05, 4.69) is 12.0 Å².